The highest BCUT2D eigenvalue weighted by Gasteiger charge is 2.33. The third kappa shape index (κ3) is 8.27. The van der Waals surface area contributed by atoms with E-state index in [0.29, 0.717) is 5.69 Å². The van der Waals surface area contributed by atoms with Crippen molar-refractivity contribution in [3.63, 3.8) is 0 Å². The van der Waals surface area contributed by atoms with Gasteiger partial charge in [0, 0.05) is 41.8 Å². The van der Waals surface area contributed by atoms with Crippen molar-refractivity contribution in [2.24, 2.45) is 5.73 Å². The molecule has 43 heavy (non-hydrogen) atoms. The number of para-hydroxylation sites is 1. The van der Waals surface area contributed by atoms with Gasteiger partial charge >= 0.3 is 5.97 Å². The van der Waals surface area contributed by atoms with E-state index in [9.17, 15) is 29.4 Å². The lowest BCUT2D eigenvalue weighted by Gasteiger charge is -2.26. The maximum atomic E-state index is 13.6. The predicted molar refractivity (Wildman–Crippen MR) is 158 cm³/mol. The largest absolute Gasteiger partial charge is 0.480 e. The zero-order valence-electron chi connectivity index (χ0n) is 23.5. The molecule has 5 atom stereocenters. The number of aliphatic hydroxyl groups is 1. The lowest BCUT2D eigenvalue weighted by atomic mass is 10.0. The Morgan fingerprint density at radius 1 is 0.860 bits per heavy atom. The van der Waals surface area contributed by atoms with Gasteiger partial charge in [-0.3, -0.25) is 14.4 Å². The molecule has 4 aromatic rings. The van der Waals surface area contributed by atoms with E-state index in [2.05, 4.69) is 30.9 Å². The van der Waals surface area contributed by atoms with E-state index in [0.717, 1.165) is 22.0 Å². The minimum Gasteiger partial charge on any atom is -0.480 e. The van der Waals surface area contributed by atoms with E-state index in [4.69, 9.17) is 5.73 Å². The molecule has 13 nitrogen and oxygen atoms in total. The molecule has 0 saturated heterocycles. The number of aliphatic carboxylic acids is 1. The van der Waals surface area contributed by atoms with E-state index in [1.165, 1.54) is 19.4 Å². The molecular weight excluding hydrogens is 554 g/mol. The number of carbonyl (C=O) groups excluding carboxylic acids is 3. The summed E-state index contributed by atoms with van der Waals surface area (Å²) in [5.41, 5.74) is 9.06. The van der Waals surface area contributed by atoms with Gasteiger partial charge in [0.05, 0.1) is 18.5 Å². The van der Waals surface area contributed by atoms with Crippen LogP contribution in [0.25, 0.3) is 10.9 Å². The first kappa shape index (κ1) is 30.9. The Kier molecular flexibility index (Phi) is 10.3. The van der Waals surface area contributed by atoms with Crippen molar-refractivity contribution >= 4 is 34.6 Å². The third-order valence-corrected chi connectivity index (χ3v) is 7.02. The molecule has 0 bridgehead atoms. The summed E-state index contributed by atoms with van der Waals surface area (Å²) in [5, 5.41) is 28.4. The number of benzene rings is 2. The number of amides is 3. The number of rotatable bonds is 14. The summed E-state index contributed by atoms with van der Waals surface area (Å²) in [7, 11) is 0. The quantitative estimate of drug-likeness (QED) is 0.101. The molecule has 0 aliphatic heterocycles. The number of carbonyl (C=O) groups is 4. The number of carboxylic acid groups (broad SMARTS) is 1. The maximum absolute atomic E-state index is 13.6. The summed E-state index contributed by atoms with van der Waals surface area (Å²) in [6.07, 6.45) is 3.33. The van der Waals surface area contributed by atoms with Gasteiger partial charge in [0.15, 0.2) is 0 Å². The lowest BCUT2D eigenvalue weighted by molar-refractivity contribution is -0.143. The molecule has 0 spiro atoms. The van der Waals surface area contributed by atoms with Crippen LogP contribution in [0, 0.1) is 0 Å². The van der Waals surface area contributed by atoms with Crippen molar-refractivity contribution in [2.75, 3.05) is 0 Å². The third-order valence-electron chi connectivity index (χ3n) is 7.02. The Morgan fingerprint density at radius 3 is 2.23 bits per heavy atom. The molecule has 13 heteroatoms. The number of nitrogens with two attached hydrogens (primary N) is 1. The highest BCUT2D eigenvalue weighted by molar-refractivity contribution is 5.95. The molecule has 0 aliphatic carbocycles. The number of fused-ring (bicyclic) bond motifs is 1. The molecule has 5 unspecified atom stereocenters. The molecule has 2 aromatic carbocycles. The van der Waals surface area contributed by atoms with Gasteiger partial charge in [-0.2, -0.15) is 0 Å². The summed E-state index contributed by atoms with van der Waals surface area (Å²) in [6.45, 7) is 1.29. The fourth-order valence-electron chi connectivity index (χ4n) is 4.71. The maximum Gasteiger partial charge on any atom is 0.326 e. The van der Waals surface area contributed by atoms with Gasteiger partial charge in [-0.1, -0.05) is 48.5 Å². The Bertz CT molecular complexity index is 1540. The first-order chi connectivity index (χ1) is 20.6. The number of aromatic amines is 2. The van der Waals surface area contributed by atoms with Crippen LogP contribution in [-0.4, -0.2) is 79.1 Å². The van der Waals surface area contributed by atoms with Gasteiger partial charge in [0.25, 0.3) is 0 Å². The number of H-pyrrole nitrogens is 2. The Labute approximate surface area is 247 Å². The predicted octanol–water partition coefficient (Wildman–Crippen LogP) is 0.166. The van der Waals surface area contributed by atoms with Gasteiger partial charge in [-0.15, -0.1) is 0 Å². The molecule has 0 saturated carbocycles. The van der Waals surface area contributed by atoms with Crippen LogP contribution in [0.4, 0.5) is 0 Å². The number of hydrogen-bond donors (Lipinski definition) is 8. The highest BCUT2D eigenvalue weighted by atomic mass is 16.4. The van der Waals surface area contributed by atoms with Gasteiger partial charge in [-0.25, -0.2) is 9.78 Å². The van der Waals surface area contributed by atoms with E-state index in [1.54, 1.807) is 6.20 Å². The summed E-state index contributed by atoms with van der Waals surface area (Å²) < 4.78 is 0. The van der Waals surface area contributed by atoms with E-state index < -0.39 is 54.0 Å². The summed E-state index contributed by atoms with van der Waals surface area (Å²) in [4.78, 5) is 61.5. The standard InChI is InChI=1S/C30H35N7O6/c1-17(38)26(29(41)36-25(30(42)43)13-20-15-32-16-34-20)37-28(40)24(12-19-14-33-23-10-6-5-9-21(19)23)35-27(39)22(31)11-18-7-3-2-4-8-18/h2-10,14-17,22,24-26,33,38H,11-13,31H2,1H3,(H,32,34)(H,35,39)(H,36,41)(H,37,40)(H,42,43). The first-order valence-electron chi connectivity index (χ1n) is 13.8. The van der Waals surface area contributed by atoms with Crippen molar-refractivity contribution in [3.8, 4) is 0 Å². The van der Waals surface area contributed by atoms with Crippen molar-refractivity contribution in [2.45, 2.75) is 56.5 Å². The number of nitrogens with one attached hydrogen (secondary N) is 5. The average molecular weight is 590 g/mol. The lowest BCUT2D eigenvalue weighted by Crippen LogP contribution is -2.60. The van der Waals surface area contributed by atoms with Crippen LogP contribution in [0.5, 0.6) is 0 Å². The Hall–Kier alpha value is -5.01. The molecule has 0 radical (unpaired) electrons. The molecule has 2 heterocycles. The normalized spacial score (nSPS) is 14.7. The number of aliphatic hydroxyl groups excluding tert-OH is 1. The minimum absolute atomic E-state index is 0.0470. The molecule has 0 fully saturated rings. The number of imidazole rings is 1. The van der Waals surface area contributed by atoms with Crippen LogP contribution in [0.1, 0.15) is 23.7 Å². The average Bonchev–Trinajstić information content (AvgIpc) is 3.65. The number of nitrogens with zero attached hydrogens (tertiary/aromatic N) is 1. The van der Waals surface area contributed by atoms with Crippen molar-refractivity contribution in [1.82, 2.24) is 30.9 Å². The molecule has 226 valence electrons. The van der Waals surface area contributed by atoms with Gasteiger partial charge in [0.1, 0.15) is 18.1 Å². The summed E-state index contributed by atoms with van der Waals surface area (Å²) in [5.74, 6) is -3.55. The first-order valence-corrected chi connectivity index (χ1v) is 13.8. The van der Waals surface area contributed by atoms with Gasteiger partial charge in [-0.05, 0) is 30.5 Å². The number of carboxylic acids is 1. The van der Waals surface area contributed by atoms with E-state index in [-0.39, 0.29) is 19.3 Å². The monoisotopic (exact) mass is 589 g/mol. The van der Waals surface area contributed by atoms with Gasteiger partial charge < -0.3 is 41.9 Å². The van der Waals surface area contributed by atoms with E-state index in [1.807, 2.05) is 54.6 Å². The van der Waals surface area contributed by atoms with Crippen LogP contribution >= 0.6 is 0 Å². The molecule has 2 aromatic heterocycles. The smallest absolute Gasteiger partial charge is 0.326 e. The number of hydrogen-bond acceptors (Lipinski definition) is 7. The minimum atomic E-state index is -1.52. The second-order valence-electron chi connectivity index (χ2n) is 10.3. The summed E-state index contributed by atoms with van der Waals surface area (Å²) >= 11 is 0. The molecule has 3 amide bonds. The van der Waals surface area contributed by atoms with Crippen LogP contribution in [0.2, 0.25) is 0 Å². The second kappa shape index (κ2) is 14.2. The Morgan fingerprint density at radius 2 is 1.56 bits per heavy atom. The SMILES string of the molecule is CC(O)C(NC(=O)C(Cc1c[nH]c2ccccc12)NC(=O)C(N)Cc1ccccc1)C(=O)NC(Cc1cnc[nH]1)C(=O)O. The fourth-order valence-corrected chi connectivity index (χ4v) is 4.71. The fraction of sp³-hybridized carbons (Fsp3) is 0.300. The highest BCUT2D eigenvalue weighted by Crippen LogP contribution is 2.19. The second-order valence-corrected chi connectivity index (χ2v) is 10.3. The van der Waals surface area contributed by atoms with Crippen molar-refractivity contribution in [1.29, 1.82) is 0 Å². The summed E-state index contributed by atoms with van der Waals surface area (Å²) in [6, 6.07) is 11.6. The molecule has 9 N–H and O–H groups in total. The molecule has 4 rings (SSSR count). The van der Waals surface area contributed by atoms with E-state index >= 15 is 0 Å². The van der Waals surface area contributed by atoms with Crippen LogP contribution in [0.15, 0.2) is 73.3 Å². The van der Waals surface area contributed by atoms with Crippen LogP contribution in [-0.2, 0) is 38.4 Å². The van der Waals surface area contributed by atoms with Gasteiger partial charge in [0.2, 0.25) is 17.7 Å². The zero-order valence-corrected chi connectivity index (χ0v) is 23.5. The number of aromatic nitrogens is 3. The Balaban J connectivity index is 1.52. The van der Waals surface area contributed by atoms with Crippen molar-refractivity contribution < 1.29 is 29.4 Å². The van der Waals surface area contributed by atoms with Crippen LogP contribution in [0.3, 0.4) is 0 Å². The van der Waals surface area contributed by atoms with Crippen molar-refractivity contribution in [3.05, 3.63) is 90.1 Å². The zero-order chi connectivity index (χ0) is 30.9. The van der Waals surface area contributed by atoms with Crippen LogP contribution < -0.4 is 21.7 Å². The molecular formula is C30H35N7O6. The molecule has 0 aliphatic rings. The topological polar surface area (TPSA) is 215 Å².